The minimum absolute atomic E-state index is 0.0795. The molecule has 0 fully saturated rings. The van der Waals surface area contributed by atoms with Crippen LogP contribution in [0.15, 0.2) is 89.2 Å². The summed E-state index contributed by atoms with van der Waals surface area (Å²) in [5.74, 6) is -0.956. The van der Waals surface area contributed by atoms with Gasteiger partial charge in [-0.05, 0) is 36.0 Å². The third kappa shape index (κ3) is 6.11. The second-order valence-electron chi connectivity index (χ2n) is 7.68. The van der Waals surface area contributed by atoms with E-state index in [1.807, 2.05) is 0 Å². The number of anilines is 1. The molecule has 12 heteroatoms. The molecule has 4 aromatic rings. The Morgan fingerprint density at radius 3 is 2.54 bits per heavy atom. The van der Waals surface area contributed by atoms with Gasteiger partial charge in [-0.15, -0.1) is 10.2 Å². The van der Waals surface area contributed by atoms with Crippen LogP contribution in [0.3, 0.4) is 0 Å². The van der Waals surface area contributed by atoms with Gasteiger partial charge in [0.15, 0.2) is 5.16 Å². The maximum Gasteiger partial charge on any atom is 0.339 e. The number of esters is 1. The van der Waals surface area contributed by atoms with E-state index in [0.717, 1.165) is 17.8 Å². The van der Waals surface area contributed by atoms with E-state index in [2.05, 4.69) is 15.5 Å². The average molecular weight is 520 g/mol. The number of rotatable bonds is 9. The molecule has 0 aliphatic carbocycles. The number of nitro benzene ring substituents is 1. The lowest BCUT2D eigenvalue weighted by atomic mass is 10.1. The first kappa shape index (κ1) is 25.4. The van der Waals surface area contributed by atoms with E-state index in [9.17, 15) is 19.7 Å². The highest BCUT2D eigenvalue weighted by atomic mass is 32.2. The number of benzene rings is 3. The van der Waals surface area contributed by atoms with Crippen LogP contribution in [-0.4, -0.2) is 38.7 Å². The summed E-state index contributed by atoms with van der Waals surface area (Å²) in [6.45, 7) is 0. The predicted octanol–water partition coefficient (Wildman–Crippen LogP) is 4.42. The summed E-state index contributed by atoms with van der Waals surface area (Å²) in [7, 11) is 3.21. The highest BCUT2D eigenvalue weighted by Gasteiger charge is 2.28. The Bertz CT molecular complexity index is 1440. The summed E-state index contributed by atoms with van der Waals surface area (Å²) in [4.78, 5) is 37.6. The van der Waals surface area contributed by atoms with Crippen LogP contribution in [0.1, 0.15) is 22.0 Å². The number of carbonyl (C=O) groups excluding carboxylic acids is 2. The topological polar surface area (TPSA) is 138 Å². The molecule has 0 aliphatic rings. The lowest BCUT2D eigenvalue weighted by molar-refractivity contribution is -0.387. The van der Waals surface area contributed by atoms with Crippen molar-refractivity contribution in [2.75, 3.05) is 12.4 Å². The minimum atomic E-state index is -1.31. The molecule has 11 nitrogen and oxygen atoms in total. The molecular formula is C25H21N5O6S. The molecule has 4 rings (SSSR count). The van der Waals surface area contributed by atoms with Gasteiger partial charge in [0, 0.05) is 30.4 Å². The first-order chi connectivity index (χ1) is 17.9. The van der Waals surface area contributed by atoms with E-state index in [1.54, 1.807) is 66.2 Å². The summed E-state index contributed by atoms with van der Waals surface area (Å²) >= 11 is 1.04. The van der Waals surface area contributed by atoms with Gasteiger partial charge in [-0.25, -0.2) is 4.79 Å². The number of methoxy groups -OCH3 is 1. The standard InChI is InChI=1S/C25H21N5O6S/c1-29-15-26-28-25(29)37-21-12-11-17(13-20(21)30(33)34)24(32)36-22(16-7-4-3-5-8-16)23(31)27-18-9-6-10-19(14-18)35-2/h3-15,22H,1-2H3,(H,27,31). The number of hydrogen-bond donors (Lipinski definition) is 1. The first-order valence-corrected chi connectivity index (χ1v) is 11.7. The molecule has 37 heavy (non-hydrogen) atoms. The van der Waals surface area contributed by atoms with Crippen LogP contribution in [0, 0.1) is 10.1 Å². The Kier molecular flexibility index (Phi) is 7.79. The zero-order valence-corrected chi connectivity index (χ0v) is 20.5. The Morgan fingerprint density at radius 1 is 1.08 bits per heavy atom. The fraction of sp³-hybridized carbons (Fsp3) is 0.120. The van der Waals surface area contributed by atoms with Crippen molar-refractivity contribution < 1.29 is 24.0 Å². The largest absolute Gasteiger partial charge is 0.497 e. The normalized spacial score (nSPS) is 11.4. The molecule has 1 amide bonds. The minimum Gasteiger partial charge on any atom is -0.497 e. The van der Waals surface area contributed by atoms with E-state index in [1.165, 1.54) is 25.6 Å². The molecule has 0 bridgehead atoms. The highest BCUT2D eigenvalue weighted by molar-refractivity contribution is 7.99. The average Bonchev–Trinajstić information content (AvgIpc) is 3.31. The van der Waals surface area contributed by atoms with Gasteiger partial charge in [0.2, 0.25) is 6.10 Å². The Balaban J connectivity index is 1.59. The van der Waals surface area contributed by atoms with Gasteiger partial charge in [0.25, 0.3) is 11.6 Å². The van der Waals surface area contributed by atoms with E-state index < -0.39 is 22.9 Å². The smallest absolute Gasteiger partial charge is 0.339 e. The number of amides is 1. The van der Waals surface area contributed by atoms with E-state index in [4.69, 9.17) is 9.47 Å². The van der Waals surface area contributed by atoms with Gasteiger partial charge in [-0.1, -0.05) is 36.4 Å². The molecule has 0 saturated heterocycles. The van der Waals surface area contributed by atoms with Crippen LogP contribution in [0.2, 0.25) is 0 Å². The molecule has 1 heterocycles. The second-order valence-corrected chi connectivity index (χ2v) is 8.69. The summed E-state index contributed by atoms with van der Waals surface area (Å²) in [6.07, 6.45) is 0.159. The fourth-order valence-corrected chi connectivity index (χ4v) is 4.17. The van der Waals surface area contributed by atoms with Crippen LogP contribution in [0.25, 0.3) is 0 Å². The molecule has 0 aliphatic heterocycles. The van der Waals surface area contributed by atoms with Gasteiger partial charge in [-0.3, -0.25) is 14.9 Å². The van der Waals surface area contributed by atoms with Crippen molar-refractivity contribution in [1.82, 2.24) is 14.8 Å². The van der Waals surface area contributed by atoms with Crippen molar-refractivity contribution in [3.63, 3.8) is 0 Å². The van der Waals surface area contributed by atoms with Crippen LogP contribution < -0.4 is 10.1 Å². The quantitative estimate of drug-likeness (QED) is 0.193. The number of nitrogens with one attached hydrogen (secondary N) is 1. The maximum atomic E-state index is 13.2. The van der Waals surface area contributed by atoms with Crippen LogP contribution in [-0.2, 0) is 16.6 Å². The molecule has 188 valence electrons. The number of aryl methyl sites for hydroxylation is 1. The van der Waals surface area contributed by atoms with Crippen LogP contribution in [0.5, 0.6) is 5.75 Å². The highest BCUT2D eigenvalue weighted by Crippen LogP contribution is 2.34. The molecule has 0 saturated carbocycles. The SMILES string of the molecule is COc1cccc(NC(=O)C(OC(=O)c2ccc(Sc3nncn3C)c([N+](=O)[O-])c2)c2ccccc2)c1. The third-order valence-electron chi connectivity index (χ3n) is 5.17. The fourth-order valence-electron chi connectivity index (χ4n) is 3.32. The van der Waals surface area contributed by atoms with Crippen LogP contribution >= 0.6 is 11.8 Å². The first-order valence-electron chi connectivity index (χ1n) is 10.9. The van der Waals surface area contributed by atoms with Crippen molar-refractivity contribution in [2.45, 2.75) is 16.2 Å². The van der Waals surface area contributed by atoms with E-state index >= 15 is 0 Å². The summed E-state index contributed by atoms with van der Waals surface area (Å²) in [6, 6.07) is 19.1. The molecule has 3 aromatic carbocycles. The predicted molar refractivity (Wildman–Crippen MR) is 134 cm³/mol. The lowest BCUT2D eigenvalue weighted by Gasteiger charge is -2.18. The summed E-state index contributed by atoms with van der Waals surface area (Å²) in [5, 5.41) is 22.6. The maximum absolute atomic E-state index is 13.2. The lowest BCUT2D eigenvalue weighted by Crippen LogP contribution is -2.26. The Morgan fingerprint density at radius 2 is 1.86 bits per heavy atom. The second kappa shape index (κ2) is 11.4. The van der Waals surface area contributed by atoms with Crippen LogP contribution in [0.4, 0.5) is 11.4 Å². The molecule has 1 atom stereocenters. The van der Waals surface area contributed by atoms with Crippen molar-refractivity contribution in [3.8, 4) is 5.75 Å². The zero-order valence-electron chi connectivity index (χ0n) is 19.7. The van der Waals surface area contributed by atoms with Crippen molar-refractivity contribution >= 4 is 35.0 Å². The summed E-state index contributed by atoms with van der Waals surface area (Å²) < 4.78 is 12.4. The molecule has 1 unspecified atom stereocenters. The number of nitro groups is 1. The Hall–Kier alpha value is -4.71. The van der Waals surface area contributed by atoms with Crippen molar-refractivity contribution in [1.29, 1.82) is 0 Å². The van der Waals surface area contributed by atoms with Gasteiger partial charge in [0.1, 0.15) is 12.1 Å². The van der Waals surface area contributed by atoms with Crippen molar-refractivity contribution in [2.24, 2.45) is 7.05 Å². The van der Waals surface area contributed by atoms with E-state index in [-0.39, 0.29) is 16.1 Å². The van der Waals surface area contributed by atoms with Gasteiger partial charge in [-0.2, -0.15) is 0 Å². The Labute approximate surface area is 215 Å². The number of aromatic nitrogens is 3. The third-order valence-corrected chi connectivity index (χ3v) is 6.28. The number of carbonyl (C=O) groups is 2. The molecule has 1 aromatic heterocycles. The molecule has 0 spiro atoms. The van der Waals surface area contributed by atoms with Gasteiger partial charge >= 0.3 is 5.97 Å². The van der Waals surface area contributed by atoms with Crippen molar-refractivity contribution in [3.05, 3.63) is 100 Å². The monoisotopic (exact) mass is 519 g/mol. The number of ether oxygens (including phenoxy) is 2. The zero-order chi connectivity index (χ0) is 26.4. The van der Waals surface area contributed by atoms with Gasteiger partial charge < -0.3 is 19.4 Å². The van der Waals surface area contributed by atoms with E-state index in [0.29, 0.717) is 22.2 Å². The summed E-state index contributed by atoms with van der Waals surface area (Å²) in [5.41, 5.74) is 0.492. The van der Waals surface area contributed by atoms with Gasteiger partial charge in [0.05, 0.1) is 22.5 Å². The molecule has 1 N–H and O–H groups in total. The number of nitrogens with zero attached hydrogens (tertiary/aromatic N) is 4. The molecule has 0 radical (unpaired) electrons. The number of hydrogen-bond acceptors (Lipinski definition) is 9. The molecular weight excluding hydrogens is 498 g/mol.